The first-order chi connectivity index (χ1) is 10.8. The van der Waals surface area contributed by atoms with E-state index in [-0.39, 0.29) is 6.61 Å². The van der Waals surface area contributed by atoms with Crippen molar-refractivity contribution in [1.29, 1.82) is 0 Å². The zero-order valence-electron chi connectivity index (χ0n) is 11.9. The molecule has 2 aliphatic rings. The van der Waals surface area contributed by atoms with E-state index >= 15 is 0 Å². The molecular weight excluding hydrogens is 340 g/mol. The fraction of sp³-hybridized carbons (Fsp3) is 1.00. The number of aliphatic hydroxyl groups is 7. The number of halogens is 1. The van der Waals surface area contributed by atoms with Gasteiger partial charge in [-0.1, -0.05) is 11.6 Å². The smallest absolute Gasteiger partial charge is 0.187 e. The largest absolute Gasteiger partial charge is 0.394 e. The molecule has 2 aliphatic heterocycles. The van der Waals surface area contributed by atoms with Gasteiger partial charge in [0, 0.05) is 0 Å². The summed E-state index contributed by atoms with van der Waals surface area (Å²) in [6, 6.07) is 0. The molecule has 7 N–H and O–H groups in total. The predicted octanol–water partition coefficient (Wildman–Crippen LogP) is -4.15. The topological polar surface area (TPSA) is 169 Å². The van der Waals surface area contributed by atoms with E-state index in [1.165, 1.54) is 0 Å². The third kappa shape index (κ3) is 3.94. The summed E-state index contributed by atoms with van der Waals surface area (Å²) in [5, 5.41) is 67.6. The lowest BCUT2D eigenvalue weighted by Crippen LogP contribution is -2.63. The third-order valence-electron chi connectivity index (χ3n) is 3.93. The number of hydrogen-bond acceptors (Lipinski definition) is 10. The molecule has 0 aromatic heterocycles. The number of aliphatic hydroxyl groups excluding tert-OH is 7. The van der Waals surface area contributed by atoms with Gasteiger partial charge < -0.3 is 50.0 Å². The Bertz CT molecular complexity index is 383. The normalized spacial score (nSPS) is 49.8. The van der Waals surface area contributed by atoms with Gasteiger partial charge in [0.2, 0.25) is 0 Å². The fourth-order valence-electron chi connectivity index (χ4n) is 2.55. The summed E-state index contributed by atoms with van der Waals surface area (Å²) < 4.78 is 15.6. The molecule has 11 heteroatoms. The highest BCUT2D eigenvalue weighted by Gasteiger charge is 2.49. The molecule has 1 unspecified atom stereocenters. The summed E-state index contributed by atoms with van der Waals surface area (Å²) in [6.07, 6.45) is -13.2. The van der Waals surface area contributed by atoms with Crippen LogP contribution >= 0.6 is 11.6 Å². The SMILES string of the molecule is OC[C@H]1OC[C@H](O)[C@@H](O)[C@@H]1O[C@@H]1O[C@H](C(O)Cl)[C@H](O)[C@H](O)[C@H]1O. The van der Waals surface area contributed by atoms with E-state index in [1.54, 1.807) is 0 Å². The Balaban J connectivity index is 2.12. The minimum Gasteiger partial charge on any atom is -0.394 e. The lowest BCUT2D eigenvalue weighted by Gasteiger charge is -2.44. The second kappa shape index (κ2) is 7.85. The van der Waals surface area contributed by atoms with Crippen molar-refractivity contribution in [3.05, 3.63) is 0 Å². The molecule has 0 aliphatic carbocycles. The Morgan fingerprint density at radius 3 is 2.26 bits per heavy atom. The average molecular weight is 361 g/mol. The van der Waals surface area contributed by atoms with Gasteiger partial charge >= 0.3 is 0 Å². The Morgan fingerprint density at radius 2 is 1.70 bits per heavy atom. The molecule has 10 atom stereocenters. The van der Waals surface area contributed by atoms with Gasteiger partial charge in [-0.3, -0.25) is 0 Å². The van der Waals surface area contributed by atoms with Gasteiger partial charge in [-0.05, 0) is 0 Å². The zero-order valence-corrected chi connectivity index (χ0v) is 12.7. The van der Waals surface area contributed by atoms with Crippen LogP contribution in [0.4, 0.5) is 0 Å². The van der Waals surface area contributed by atoms with Crippen molar-refractivity contribution in [2.75, 3.05) is 13.2 Å². The van der Waals surface area contributed by atoms with Gasteiger partial charge in [0.15, 0.2) is 11.9 Å². The van der Waals surface area contributed by atoms with Crippen molar-refractivity contribution in [2.45, 2.75) is 60.7 Å². The molecule has 0 bridgehead atoms. The van der Waals surface area contributed by atoms with Gasteiger partial charge in [0.05, 0.1) is 13.2 Å². The number of hydrogen-bond donors (Lipinski definition) is 7. The maximum atomic E-state index is 9.96. The molecule has 136 valence electrons. The first-order valence-corrected chi connectivity index (χ1v) is 7.47. The third-order valence-corrected chi connectivity index (χ3v) is 4.18. The summed E-state index contributed by atoms with van der Waals surface area (Å²) in [5.41, 5.74) is -1.69. The summed E-state index contributed by atoms with van der Waals surface area (Å²) in [6.45, 7) is -0.755. The maximum absolute atomic E-state index is 9.96. The lowest BCUT2D eigenvalue weighted by molar-refractivity contribution is -0.338. The molecule has 2 rings (SSSR count). The van der Waals surface area contributed by atoms with Crippen LogP contribution in [0.1, 0.15) is 0 Å². The van der Waals surface area contributed by atoms with Crippen LogP contribution in [0.3, 0.4) is 0 Å². The Labute approximate surface area is 136 Å². The highest BCUT2D eigenvalue weighted by Crippen LogP contribution is 2.29. The van der Waals surface area contributed by atoms with Crippen LogP contribution < -0.4 is 0 Å². The van der Waals surface area contributed by atoms with E-state index in [0.717, 1.165) is 0 Å². The van der Waals surface area contributed by atoms with Gasteiger partial charge in [0.25, 0.3) is 0 Å². The molecule has 0 aromatic rings. The Kier molecular flexibility index (Phi) is 6.56. The maximum Gasteiger partial charge on any atom is 0.187 e. The van der Waals surface area contributed by atoms with Crippen LogP contribution in [0.5, 0.6) is 0 Å². The van der Waals surface area contributed by atoms with Gasteiger partial charge in [-0.2, -0.15) is 0 Å². The van der Waals surface area contributed by atoms with E-state index in [2.05, 4.69) is 0 Å². The monoisotopic (exact) mass is 360 g/mol. The quantitative estimate of drug-likeness (QED) is 0.244. The number of rotatable bonds is 4. The van der Waals surface area contributed by atoms with Crippen molar-refractivity contribution >= 4 is 11.6 Å². The summed E-state index contributed by atoms with van der Waals surface area (Å²) >= 11 is 5.45. The van der Waals surface area contributed by atoms with E-state index < -0.39 is 67.3 Å². The van der Waals surface area contributed by atoms with Crippen LogP contribution in [0.2, 0.25) is 0 Å². The average Bonchev–Trinajstić information content (AvgIpc) is 2.51. The van der Waals surface area contributed by atoms with Crippen molar-refractivity contribution in [3.63, 3.8) is 0 Å². The zero-order chi connectivity index (χ0) is 17.3. The summed E-state index contributed by atoms with van der Waals surface area (Å²) in [4.78, 5) is 0. The second-order valence-corrected chi connectivity index (χ2v) is 5.97. The van der Waals surface area contributed by atoms with Crippen molar-refractivity contribution in [3.8, 4) is 0 Å². The highest BCUT2D eigenvalue weighted by molar-refractivity contribution is 6.19. The van der Waals surface area contributed by atoms with E-state index in [4.69, 9.17) is 25.8 Å². The minimum atomic E-state index is -1.73. The predicted molar refractivity (Wildman–Crippen MR) is 72.3 cm³/mol. The van der Waals surface area contributed by atoms with Crippen LogP contribution in [-0.2, 0) is 14.2 Å². The molecule has 2 fully saturated rings. The van der Waals surface area contributed by atoms with E-state index in [1.807, 2.05) is 0 Å². The molecule has 2 saturated heterocycles. The van der Waals surface area contributed by atoms with Crippen LogP contribution in [-0.4, -0.2) is 110 Å². The van der Waals surface area contributed by atoms with Crippen LogP contribution in [0, 0.1) is 0 Å². The second-order valence-electron chi connectivity index (χ2n) is 5.53. The van der Waals surface area contributed by atoms with Gasteiger partial charge in [-0.25, -0.2) is 0 Å². The van der Waals surface area contributed by atoms with Crippen molar-refractivity contribution in [1.82, 2.24) is 0 Å². The molecule has 0 radical (unpaired) electrons. The first-order valence-electron chi connectivity index (χ1n) is 7.03. The summed E-state index contributed by atoms with van der Waals surface area (Å²) in [7, 11) is 0. The van der Waals surface area contributed by atoms with Crippen molar-refractivity contribution in [2.24, 2.45) is 0 Å². The van der Waals surface area contributed by atoms with E-state index in [0.29, 0.717) is 0 Å². The first kappa shape index (κ1) is 19.2. The van der Waals surface area contributed by atoms with Gasteiger partial charge in [-0.15, -0.1) is 0 Å². The molecule has 0 aromatic carbocycles. The van der Waals surface area contributed by atoms with Crippen LogP contribution in [0.15, 0.2) is 0 Å². The minimum absolute atomic E-state index is 0.218. The molecule has 10 nitrogen and oxygen atoms in total. The number of alkyl halides is 1. The Morgan fingerprint density at radius 1 is 1.04 bits per heavy atom. The standard InChI is InChI=1S/C12H21ClO10/c13-11(20)10-7(18)6(17)8(19)12(23-10)22-9-4(1-14)21-2-3(15)5(9)16/h3-12,14-20H,1-2H2/t3-,4+,5+,6-,7+,8+,9+,10-,11?,12+/m0/s1. The van der Waals surface area contributed by atoms with Gasteiger partial charge in [0.1, 0.15) is 48.8 Å². The lowest BCUT2D eigenvalue weighted by atomic mass is 9.97. The molecular formula is C12H21ClO10. The van der Waals surface area contributed by atoms with Crippen LogP contribution in [0.25, 0.3) is 0 Å². The molecule has 0 spiro atoms. The molecule has 0 saturated carbocycles. The fourth-order valence-corrected chi connectivity index (χ4v) is 2.76. The summed E-state index contributed by atoms with van der Waals surface area (Å²) in [5.74, 6) is 0. The van der Waals surface area contributed by atoms with E-state index in [9.17, 15) is 35.7 Å². The van der Waals surface area contributed by atoms with Crippen molar-refractivity contribution < 1.29 is 50.0 Å². The molecule has 23 heavy (non-hydrogen) atoms. The Hall–Kier alpha value is -0.110. The number of ether oxygens (including phenoxy) is 3. The highest BCUT2D eigenvalue weighted by atomic mass is 35.5. The molecule has 0 amide bonds. The molecule has 2 heterocycles.